The Morgan fingerprint density at radius 2 is 1.34 bits per heavy atom. The van der Waals surface area contributed by atoms with Gasteiger partial charge >= 0.3 is 23.9 Å². The van der Waals surface area contributed by atoms with E-state index in [0.29, 0.717) is 18.7 Å². The molecule has 35 heavy (non-hydrogen) atoms. The first-order chi connectivity index (χ1) is 16.5. The second kappa shape index (κ2) is 15.7. The molecule has 198 valence electrons. The fourth-order valence-electron chi connectivity index (χ4n) is 4.01. The third kappa shape index (κ3) is 12.2. The molecular weight excluding hydrogens is 462 g/mol. The van der Waals surface area contributed by atoms with Crippen LogP contribution in [0.4, 0.5) is 4.79 Å². The number of carbonyl (C=O) groups is 6. The van der Waals surface area contributed by atoms with Gasteiger partial charge in [0, 0.05) is 31.7 Å². The Hall–Kier alpha value is -3.18. The first-order valence-electron chi connectivity index (χ1n) is 12.1. The van der Waals surface area contributed by atoms with Crippen LogP contribution in [0.1, 0.15) is 77.6 Å². The fraction of sp³-hybridized carbons (Fsp3) is 0.739. The summed E-state index contributed by atoms with van der Waals surface area (Å²) in [6.07, 6.45) is 4.61. The number of nitrogens with one attached hydrogen (secondary N) is 3. The van der Waals surface area contributed by atoms with Crippen LogP contribution in [-0.4, -0.2) is 69.6 Å². The van der Waals surface area contributed by atoms with E-state index in [-0.39, 0.29) is 37.0 Å². The number of rotatable bonds is 16. The van der Waals surface area contributed by atoms with Crippen LogP contribution in [0, 0.1) is 11.8 Å². The predicted molar refractivity (Wildman–Crippen MR) is 124 cm³/mol. The van der Waals surface area contributed by atoms with Crippen LogP contribution in [-0.2, 0) is 24.0 Å². The van der Waals surface area contributed by atoms with Gasteiger partial charge in [0.1, 0.15) is 17.9 Å². The smallest absolute Gasteiger partial charge is 0.326 e. The highest BCUT2D eigenvalue weighted by Gasteiger charge is 2.27. The number of aliphatic carboxylic acids is 3. The highest BCUT2D eigenvalue weighted by atomic mass is 16.4. The van der Waals surface area contributed by atoms with E-state index in [1.165, 1.54) is 0 Å². The van der Waals surface area contributed by atoms with Crippen LogP contribution >= 0.6 is 0 Å². The summed E-state index contributed by atoms with van der Waals surface area (Å²) < 4.78 is 0. The minimum absolute atomic E-state index is 0.104. The summed E-state index contributed by atoms with van der Waals surface area (Å²) in [7, 11) is 0. The van der Waals surface area contributed by atoms with Crippen molar-refractivity contribution >= 4 is 35.6 Å². The number of unbranched alkanes of at least 4 members (excludes halogenated alkanes) is 1. The lowest BCUT2D eigenvalue weighted by atomic mass is 9.79. The van der Waals surface area contributed by atoms with Crippen LogP contribution in [0.25, 0.3) is 0 Å². The molecule has 0 radical (unpaired) electrons. The van der Waals surface area contributed by atoms with E-state index in [0.717, 1.165) is 38.5 Å². The van der Waals surface area contributed by atoms with Crippen LogP contribution < -0.4 is 16.0 Å². The Morgan fingerprint density at radius 3 is 1.83 bits per heavy atom. The van der Waals surface area contributed by atoms with E-state index in [1.54, 1.807) is 0 Å². The van der Waals surface area contributed by atoms with Crippen LogP contribution in [0.5, 0.6) is 0 Å². The van der Waals surface area contributed by atoms with Crippen LogP contribution in [0.3, 0.4) is 0 Å². The summed E-state index contributed by atoms with van der Waals surface area (Å²) in [4.78, 5) is 69.6. The van der Waals surface area contributed by atoms with E-state index in [9.17, 15) is 33.9 Å². The number of hydrogen-bond acceptors (Lipinski definition) is 6. The van der Waals surface area contributed by atoms with Crippen molar-refractivity contribution in [1.82, 2.24) is 16.0 Å². The van der Waals surface area contributed by atoms with Crippen molar-refractivity contribution in [3.05, 3.63) is 0 Å². The highest BCUT2D eigenvalue weighted by Crippen LogP contribution is 2.30. The summed E-state index contributed by atoms with van der Waals surface area (Å²) in [6.45, 7) is 2.49. The third-order valence-corrected chi connectivity index (χ3v) is 6.18. The average molecular weight is 500 g/mol. The second-order valence-corrected chi connectivity index (χ2v) is 8.96. The van der Waals surface area contributed by atoms with Crippen molar-refractivity contribution in [1.29, 1.82) is 0 Å². The Bertz CT molecular complexity index is 763. The third-order valence-electron chi connectivity index (χ3n) is 6.18. The van der Waals surface area contributed by atoms with Crippen molar-refractivity contribution in [3.63, 3.8) is 0 Å². The summed E-state index contributed by atoms with van der Waals surface area (Å²) in [5.41, 5.74) is 0. The molecule has 1 aliphatic rings. The van der Waals surface area contributed by atoms with Gasteiger partial charge in [0.2, 0.25) is 5.91 Å². The van der Waals surface area contributed by atoms with Gasteiger partial charge in [0.15, 0.2) is 0 Å². The monoisotopic (exact) mass is 499 g/mol. The van der Waals surface area contributed by atoms with Crippen molar-refractivity contribution in [2.45, 2.75) is 89.6 Å². The molecule has 0 aromatic carbocycles. The fourth-order valence-corrected chi connectivity index (χ4v) is 4.01. The summed E-state index contributed by atoms with van der Waals surface area (Å²) >= 11 is 0. The van der Waals surface area contributed by atoms with Gasteiger partial charge in [0.05, 0.1) is 0 Å². The number of urea groups is 1. The average Bonchev–Trinajstić information content (AvgIpc) is 2.81. The lowest BCUT2D eigenvalue weighted by Crippen LogP contribution is -2.51. The van der Waals surface area contributed by atoms with Gasteiger partial charge < -0.3 is 31.3 Å². The number of ketones is 1. The lowest BCUT2D eigenvalue weighted by molar-refractivity contribution is -0.141. The number of carbonyl (C=O) groups excluding carboxylic acids is 3. The molecule has 3 amide bonds. The second-order valence-electron chi connectivity index (χ2n) is 8.96. The first kappa shape index (κ1) is 29.9. The standard InChI is InChI=1S/C23H37N3O9/c1-2-3-4-18(27)15-7-5-14(6-8-15)13-24-19(28)11-9-16(21(31)32)25-23(35)26-17(22(33)34)10-12-20(29)30/h14-17H,2-13H2,1H3,(H,24,28)(H,29,30)(H,31,32)(H,33,34)(H2,25,26,35). The Morgan fingerprint density at radius 1 is 0.800 bits per heavy atom. The number of carboxylic acids is 3. The Balaban J connectivity index is 2.39. The van der Waals surface area contributed by atoms with Crippen molar-refractivity contribution < 1.29 is 44.1 Å². The Labute approximate surface area is 204 Å². The van der Waals surface area contributed by atoms with Gasteiger partial charge in [-0.25, -0.2) is 14.4 Å². The zero-order chi connectivity index (χ0) is 26.4. The topological polar surface area (TPSA) is 199 Å². The molecule has 1 saturated carbocycles. The van der Waals surface area contributed by atoms with Crippen molar-refractivity contribution in [3.8, 4) is 0 Å². The van der Waals surface area contributed by atoms with Gasteiger partial charge in [-0.15, -0.1) is 0 Å². The molecule has 6 N–H and O–H groups in total. The molecule has 0 heterocycles. The number of carboxylic acid groups (broad SMARTS) is 3. The Kier molecular flexibility index (Phi) is 13.4. The summed E-state index contributed by atoms with van der Waals surface area (Å²) in [5, 5.41) is 34.0. The molecule has 12 nitrogen and oxygen atoms in total. The quantitative estimate of drug-likeness (QED) is 0.182. The van der Waals surface area contributed by atoms with E-state index >= 15 is 0 Å². The SMILES string of the molecule is CCCCC(=O)C1CCC(CNC(=O)CCC(NC(=O)NC(CCC(=O)O)C(=O)O)C(=O)O)CC1. The highest BCUT2D eigenvalue weighted by molar-refractivity contribution is 5.86. The van der Waals surface area contributed by atoms with Crippen LogP contribution in [0.2, 0.25) is 0 Å². The van der Waals surface area contributed by atoms with Crippen molar-refractivity contribution in [2.75, 3.05) is 6.54 Å². The van der Waals surface area contributed by atoms with Crippen LogP contribution in [0.15, 0.2) is 0 Å². The molecule has 1 rings (SSSR count). The van der Waals surface area contributed by atoms with E-state index in [2.05, 4.69) is 17.6 Å². The van der Waals surface area contributed by atoms with Gasteiger partial charge in [0.25, 0.3) is 0 Å². The van der Waals surface area contributed by atoms with E-state index in [1.807, 2.05) is 5.32 Å². The molecule has 1 fully saturated rings. The molecule has 0 aromatic heterocycles. The zero-order valence-corrected chi connectivity index (χ0v) is 20.1. The molecule has 12 heteroatoms. The largest absolute Gasteiger partial charge is 0.481 e. The lowest BCUT2D eigenvalue weighted by Gasteiger charge is -2.28. The molecule has 2 atom stereocenters. The van der Waals surface area contributed by atoms with E-state index in [4.69, 9.17) is 10.2 Å². The molecule has 0 aromatic rings. The van der Waals surface area contributed by atoms with Gasteiger partial charge in [-0.1, -0.05) is 13.3 Å². The van der Waals surface area contributed by atoms with Gasteiger partial charge in [-0.3, -0.25) is 14.4 Å². The molecule has 2 unspecified atom stereocenters. The van der Waals surface area contributed by atoms with Gasteiger partial charge in [-0.2, -0.15) is 0 Å². The summed E-state index contributed by atoms with van der Waals surface area (Å²) in [6, 6.07) is -4.01. The molecule has 1 aliphatic carbocycles. The normalized spacial score (nSPS) is 19.1. The minimum Gasteiger partial charge on any atom is -0.481 e. The maximum absolute atomic E-state index is 12.2. The first-order valence-corrected chi connectivity index (χ1v) is 12.1. The maximum Gasteiger partial charge on any atom is 0.326 e. The number of amides is 3. The molecule has 0 aliphatic heterocycles. The zero-order valence-electron chi connectivity index (χ0n) is 20.1. The minimum atomic E-state index is -1.50. The molecule has 0 bridgehead atoms. The maximum atomic E-state index is 12.2. The van der Waals surface area contributed by atoms with Crippen molar-refractivity contribution in [2.24, 2.45) is 11.8 Å². The molecule has 0 saturated heterocycles. The molecule has 0 spiro atoms. The summed E-state index contributed by atoms with van der Waals surface area (Å²) in [5.74, 6) is -3.77. The predicted octanol–water partition coefficient (Wildman–Crippen LogP) is 1.52. The number of Topliss-reactive ketones (excluding diaryl/α,β-unsaturated/α-hetero) is 1. The number of hydrogen-bond donors (Lipinski definition) is 6. The van der Waals surface area contributed by atoms with E-state index < -0.39 is 42.4 Å². The molecular formula is C23H37N3O9. The van der Waals surface area contributed by atoms with Gasteiger partial charge in [-0.05, 0) is 50.9 Å².